The summed E-state index contributed by atoms with van der Waals surface area (Å²) in [6.07, 6.45) is 7.88. The number of piperidine rings is 1. The Morgan fingerprint density at radius 1 is 1.30 bits per heavy atom. The molecule has 1 aliphatic rings. The number of amides is 1. The van der Waals surface area contributed by atoms with Gasteiger partial charge in [-0.15, -0.1) is 0 Å². The van der Waals surface area contributed by atoms with Gasteiger partial charge in [-0.3, -0.25) is 4.79 Å². The van der Waals surface area contributed by atoms with E-state index < -0.39 is 11.6 Å². The fourth-order valence-corrected chi connectivity index (χ4v) is 3.94. The summed E-state index contributed by atoms with van der Waals surface area (Å²) in [4.78, 5) is 18.1. The third kappa shape index (κ3) is 5.87. The molecule has 0 spiro atoms. The Hall–Kier alpha value is -3.00. The number of unbranched alkanes of at least 4 members (excludes halogenated alkanes) is 2. The molecule has 0 saturated carbocycles. The molecule has 1 saturated heterocycles. The Morgan fingerprint density at radius 3 is 2.67 bits per heavy atom. The van der Waals surface area contributed by atoms with Gasteiger partial charge in [-0.05, 0) is 57.0 Å². The van der Waals surface area contributed by atoms with Crippen molar-refractivity contribution in [1.82, 2.24) is 14.8 Å². The molecule has 1 fully saturated rings. The minimum absolute atomic E-state index is 0.116. The van der Waals surface area contributed by atoms with Crippen molar-refractivity contribution in [2.75, 3.05) is 32.5 Å². The van der Waals surface area contributed by atoms with Gasteiger partial charge in [0.05, 0.1) is 11.3 Å². The minimum atomic E-state index is -0.616. The fraction of sp³-hybridized carbons (Fsp3) is 0.440. The summed E-state index contributed by atoms with van der Waals surface area (Å²) >= 11 is 0. The van der Waals surface area contributed by atoms with Crippen LogP contribution in [0.5, 0.6) is 0 Å². The third-order valence-corrected chi connectivity index (χ3v) is 5.77. The Balaban J connectivity index is 1.91. The lowest BCUT2D eigenvalue weighted by atomic mass is 10.1. The Morgan fingerprint density at radius 2 is 2.03 bits per heavy atom. The summed E-state index contributed by atoms with van der Waals surface area (Å²) in [7, 11) is 3.21. The van der Waals surface area contributed by atoms with Crippen LogP contribution in [0.2, 0.25) is 0 Å². The molecular formula is C25H33F2N5O. The lowest BCUT2D eigenvalue weighted by molar-refractivity contribution is 0.0827. The van der Waals surface area contributed by atoms with Crippen molar-refractivity contribution in [1.29, 1.82) is 0 Å². The molecule has 2 heterocycles. The van der Waals surface area contributed by atoms with E-state index in [1.807, 2.05) is 10.8 Å². The summed E-state index contributed by atoms with van der Waals surface area (Å²) in [5.74, 6) is -0.871. The average molecular weight is 458 g/mol. The maximum Gasteiger partial charge on any atom is 0.253 e. The highest BCUT2D eigenvalue weighted by molar-refractivity contribution is 5.94. The molecular weight excluding hydrogens is 424 g/mol. The van der Waals surface area contributed by atoms with E-state index in [2.05, 4.69) is 29.1 Å². The average Bonchev–Trinajstić information content (AvgIpc) is 3.14. The predicted octanol–water partition coefficient (Wildman–Crippen LogP) is 5.37. The van der Waals surface area contributed by atoms with Crippen molar-refractivity contribution in [3.8, 4) is 0 Å². The first kappa shape index (κ1) is 24.6. The van der Waals surface area contributed by atoms with Gasteiger partial charge in [0.2, 0.25) is 0 Å². The molecule has 8 heteroatoms. The molecule has 6 nitrogen and oxygen atoms in total. The molecule has 178 valence electrons. The van der Waals surface area contributed by atoms with Gasteiger partial charge < -0.3 is 20.1 Å². The van der Waals surface area contributed by atoms with E-state index in [4.69, 9.17) is 0 Å². The number of anilines is 1. The second-order valence-corrected chi connectivity index (χ2v) is 8.52. The zero-order chi connectivity index (χ0) is 24.0. The van der Waals surface area contributed by atoms with Gasteiger partial charge in [0, 0.05) is 43.8 Å². The molecule has 1 amide bonds. The second kappa shape index (κ2) is 11.2. The molecule has 1 aromatic carbocycles. The van der Waals surface area contributed by atoms with Crippen LogP contribution in [0.1, 0.15) is 61.0 Å². The van der Waals surface area contributed by atoms with Crippen LogP contribution < -0.4 is 10.6 Å². The number of hydrogen-bond acceptors (Lipinski definition) is 4. The molecule has 0 bridgehead atoms. The molecule has 0 unspecified atom stereocenters. The lowest BCUT2D eigenvalue weighted by Gasteiger charge is -2.25. The number of carbonyl (C=O) groups excluding carboxylic acids is 1. The van der Waals surface area contributed by atoms with E-state index in [1.54, 1.807) is 14.1 Å². The molecule has 0 atom stereocenters. The predicted molar refractivity (Wildman–Crippen MR) is 130 cm³/mol. The van der Waals surface area contributed by atoms with Gasteiger partial charge in [-0.1, -0.05) is 19.9 Å². The Kier molecular flexibility index (Phi) is 8.38. The molecule has 1 aliphatic heterocycles. The van der Waals surface area contributed by atoms with Crippen LogP contribution in [0.4, 0.5) is 20.3 Å². The summed E-state index contributed by atoms with van der Waals surface area (Å²) in [5, 5.41) is 6.21. The number of carbonyl (C=O) groups is 1. The van der Waals surface area contributed by atoms with Crippen molar-refractivity contribution < 1.29 is 13.6 Å². The first-order valence-corrected chi connectivity index (χ1v) is 11.4. The highest BCUT2D eigenvalue weighted by Crippen LogP contribution is 2.36. The molecule has 0 aliphatic carbocycles. The summed E-state index contributed by atoms with van der Waals surface area (Å²) in [6, 6.07) is 4.29. The van der Waals surface area contributed by atoms with Crippen molar-refractivity contribution >= 4 is 29.3 Å². The van der Waals surface area contributed by atoms with E-state index in [-0.39, 0.29) is 34.5 Å². The van der Waals surface area contributed by atoms with Crippen LogP contribution in [0, 0.1) is 11.6 Å². The van der Waals surface area contributed by atoms with Gasteiger partial charge in [0.1, 0.15) is 11.6 Å². The minimum Gasteiger partial charge on any atom is -0.353 e. The van der Waals surface area contributed by atoms with Crippen molar-refractivity contribution in [3.05, 3.63) is 53.7 Å². The monoisotopic (exact) mass is 457 g/mol. The van der Waals surface area contributed by atoms with E-state index >= 15 is 4.39 Å². The fourth-order valence-electron chi connectivity index (χ4n) is 3.94. The number of halogens is 2. The smallest absolute Gasteiger partial charge is 0.253 e. The summed E-state index contributed by atoms with van der Waals surface area (Å²) in [5.41, 5.74) is 0.797. The second-order valence-electron chi connectivity index (χ2n) is 8.52. The molecule has 1 aromatic heterocycles. The third-order valence-electron chi connectivity index (χ3n) is 5.77. The molecule has 2 aromatic rings. The van der Waals surface area contributed by atoms with Gasteiger partial charge >= 0.3 is 0 Å². The number of rotatable bonds is 9. The van der Waals surface area contributed by atoms with E-state index in [9.17, 15) is 9.18 Å². The van der Waals surface area contributed by atoms with Crippen molar-refractivity contribution in [3.63, 3.8) is 0 Å². The van der Waals surface area contributed by atoms with E-state index in [0.29, 0.717) is 5.82 Å². The topological polar surface area (TPSA) is 61.7 Å². The van der Waals surface area contributed by atoms with E-state index in [1.165, 1.54) is 23.2 Å². The van der Waals surface area contributed by atoms with Crippen LogP contribution >= 0.6 is 0 Å². The molecule has 0 radical (unpaired) electrons. The van der Waals surface area contributed by atoms with Crippen molar-refractivity contribution in [2.24, 2.45) is 4.99 Å². The lowest BCUT2D eigenvalue weighted by Crippen LogP contribution is -2.29. The summed E-state index contributed by atoms with van der Waals surface area (Å²) < 4.78 is 31.8. The van der Waals surface area contributed by atoms with Crippen LogP contribution in [-0.2, 0) is 0 Å². The van der Waals surface area contributed by atoms with Gasteiger partial charge in [-0.2, -0.15) is 0 Å². The SMILES string of the molecule is C=C(Nc1ccc(C(=O)N(C)C)cc1F)c1c(F)cn(C2CCNCC2)c1/N=C\CCCC. The number of nitrogens with zero attached hydrogens (tertiary/aromatic N) is 3. The Labute approximate surface area is 194 Å². The zero-order valence-corrected chi connectivity index (χ0v) is 19.6. The van der Waals surface area contributed by atoms with E-state index in [0.717, 1.165) is 51.3 Å². The van der Waals surface area contributed by atoms with Crippen molar-refractivity contribution in [2.45, 2.75) is 45.1 Å². The summed E-state index contributed by atoms with van der Waals surface area (Å²) in [6.45, 7) is 7.81. The van der Waals surface area contributed by atoms with Crippen LogP contribution in [0.25, 0.3) is 5.70 Å². The number of aliphatic imine (C=N–C) groups is 1. The highest BCUT2D eigenvalue weighted by atomic mass is 19.1. The zero-order valence-electron chi connectivity index (χ0n) is 19.6. The first-order valence-electron chi connectivity index (χ1n) is 11.4. The van der Waals surface area contributed by atoms with Gasteiger partial charge in [-0.25, -0.2) is 13.8 Å². The maximum absolute atomic E-state index is 15.2. The Bertz CT molecular complexity index is 1020. The standard InChI is InChI=1S/C25H33F2N5O/c1-5-6-7-12-29-24-23(21(27)16-32(24)19-10-13-28-14-11-19)17(2)30-22-9-8-18(15-20(22)26)25(33)31(3)4/h8-9,12,15-16,19,28,30H,2,5-7,10-11,13-14H2,1,3-4H3/b29-12-. The number of benzene rings is 1. The number of nitrogens with one attached hydrogen (secondary N) is 2. The van der Waals surface area contributed by atoms with Crippen LogP contribution in [0.15, 0.2) is 36.0 Å². The highest BCUT2D eigenvalue weighted by Gasteiger charge is 2.24. The molecule has 3 rings (SSSR count). The van der Waals surface area contributed by atoms with Crippen LogP contribution in [0.3, 0.4) is 0 Å². The number of hydrogen-bond donors (Lipinski definition) is 2. The maximum atomic E-state index is 15.2. The first-order chi connectivity index (χ1) is 15.8. The molecule has 33 heavy (non-hydrogen) atoms. The quantitative estimate of drug-likeness (QED) is 0.393. The van der Waals surface area contributed by atoms with Gasteiger partial charge in [0.25, 0.3) is 5.91 Å². The van der Waals surface area contributed by atoms with Crippen LogP contribution in [-0.4, -0.2) is 48.8 Å². The van der Waals surface area contributed by atoms with Gasteiger partial charge in [0.15, 0.2) is 5.82 Å². The normalized spacial score (nSPS) is 14.6. The largest absolute Gasteiger partial charge is 0.353 e. The number of aromatic nitrogens is 1. The molecule has 2 N–H and O–H groups in total.